The summed E-state index contributed by atoms with van der Waals surface area (Å²) < 4.78 is 10.1. The van der Waals surface area contributed by atoms with Gasteiger partial charge in [-0.2, -0.15) is 0 Å². The van der Waals surface area contributed by atoms with Crippen molar-refractivity contribution in [2.24, 2.45) is 5.92 Å². The first kappa shape index (κ1) is 32.9. The van der Waals surface area contributed by atoms with Gasteiger partial charge in [-0.25, -0.2) is 4.79 Å². The lowest BCUT2D eigenvalue weighted by atomic mass is 9.98. The van der Waals surface area contributed by atoms with Crippen molar-refractivity contribution in [3.05, 3.63) is 35.9 Å². The summed E-state index contributed by atoms with van der Waals surface area (Å²) in [6.07, 6.45) is 4.47. The molecule has 1 aromatic rings. The molecule has 0 bridgehead atoms. The van der Waals surface area contributed by atoms with Crippen LogP contribution in [0.2, 0.25) is 0 Å². The van der Waals surface area contributed by atoms with Crippen LogP contribution in [0.4, 0.5) is 4.79 Å². The third-order valence-electron chi connectivity index (χ3n) is 5.79. The molecule has 1 aromatic carbocycles. The van der Waals surface area contributed by atoms with Crippen molar-refractivity contribution in [3.8, 4) is 0 Å². The van der Waals surface area contributed by atoms with Crippen LogP contribution in [0.15, 0.2) is 30.3 Å². The van der Waals surface area contributed by atoms with Crippen LogP contribution in [-0.2, 0) is 23.9 Å². The molecule has 0 saturated heterocycles. The van der Waals surface area contributed by atoms with E-state index in [1.165, 1.54) is 12.0 Å². The van der Waals surface area contributed by atoms with Crippen molar-refractivity contribution in [1.82, 2.24) is 15.5 Å². The molecule has 2 N–H and O–H groups in total. The van der Waals surface area contributed by atoms with Gasteiger partial charge in [0.25, 0.3) is 0 Å². The molecule has 214 valence electrons. The Hall–Kier alpha value is -3.10. The zero-order valence-electron chi connectivity index (χ0n) is 24.2. The summed E-state index contributed by atoms with van der Waals surface area (Å²) >= 11 is 0. The summed E-state index contributed by atoms with van der Waals surface area (Å²) in [5.74, 6) is -1.37. The van der Waals surface area contributed by atoms with Crippen molar-refractivity contribution < 1.29 is 28.7 Å². The molecule has 0 radical (unpaired) electrons. The molecule has 2 unspecified atom stereocenters. The molecule has 0 spiro atoms. The van der Waals surface area contributed by atoms with Crippen molar-refractivity contribution in [3.63, 3.8) is 0 Å². The van der Waals surface area contributed by atoms with Gasteiger partial charge in [0.15, 0.2) is 0 Å². The zero-order valence-corrected chi connectivity index (χ0v) is 24.2. The molecule has 2 atom stereocenters. The Balaban J connectivity index is 3.39. The summed E-state index contributed by atoms with van der Waals surface area (Å²) in [7, 11) is 1.24. The van der Waals surface area contributed by atoms with E-state index < -0.39 is 35.7 Å². The second-order valence-electron chi connectivity index (χ2n) is 10.9. The summed E-state index contributed by atoms with van der Waals surface area (Å²) in [5, 5.41) is 5.35. The normalized spacial score (nSPS) is 12.8. The second kappa shape index (κ2) is 16.7. The number of hydrogen-bond donors (Lipinski definition) is 2. The summed E-state index contributed by atoms with van der Waals surface area (Å²) in [6.45, 7) is 11.3. The minimum Gasteiger partial charge on any atom is -0.468 e. The number of ether oxygens (including phenoxy) is 2. The number of nitrogens with one attached hydrogen (secondary N) is 2. The van der Waals surface area contributed by atoms with Crippen molar-refractivity contribution in [2.75, 3.05) is 20.2 Å². The van der Waals surface area contributed by atoms with E-state index in [-0.39, 0.29) is 18.4 Å². The molecule has 0 aliphatic rings. The van der Waals surface area contributed by atoms with Gasteiger partial charge in [0.2, 0.25) is 11.8 Å². The van der Waals surface area contributed by atoms with Gasteiger partial charge >= 0.3 is 12.1 Å². The first-order chi connectivity index (χ1) is 17.9. The van der Waals surface area contributed by atoms with E-state index >= 15 is 0 Å². The highest BCUT2D eigenvalue weighted by Gasteiger charge is 2.36. The Kier molecular flexibility index (Phi) is 14.5. The molecule has 3 amide bonds. The first-order valence-electron chi connectivity index (χ1n) is 13.6. The topological polar surface area (TPSA) is 114 Å². The molecule has 0 aliphatic carbocycles. The number of nitrogens with zero attached hydrogens (tertiary/aromatic N) is 1. The third kappa shape index (κ3) is 12.4. The van der Waals surface area contributed by atoms with Gasteiger partial charge < -0.3 is 25.0 Å². The van der Waals surface area contributed by atoms with Gasteiger partial charge in [-0.3, -0.25) is 14.4 Å². The average molecular weight is 534 g/mol. The summed E-state index contributed by atoms with van der Waals surface area (Å²) in [5.41, 5.74) is -0.119. The van der Waals surface area contributed by atoms with Crippen molar-refractivity contribution >= 4 is 23.9 Å². The molecule has 38 heavy (non-hydrogen) atoms. The van der Waals surface area contributed by atoms with Crippen LogP contribution in [0.5, 0.6) is 0 Å². The first-order valence-corrected chi connectivity index (χ1v) is 13.6. The number of benzene rings is 1. The SMILES string of the molecule is CCCCCCCN(C(=O)C(CC(C)C)NC(=O)OC(C)(C)C)C(C(=O)NCC(=O)OC)c1ccccc1. The Bertz CT molecular complexity index is 882. The minimum atomic E-state index is -0.991. The van der Waals surface area contributed by atoms with Gasteiger partial charge in [-0.05, 0) is 45.1 Å². The van der Waals surface area contributed by atoms with Crippen LogP contribution in [0, 0.1) is 5.92 Å². The van der Waals surface area contributed by atoms with E-state index in [1.54, 1.807) is 45.0 Å². The predicted octanol–water partition coefficient (Wildman–Crippen LogP) is 4.76. The second-order valence-corrected chi connectivity index (χ2v) is 10.9. The predicted molar refractivity (Wildman–Crippen MR) is 147 cm³/mol. The number of methoxy groups -OCH3 is 1. The number of alkyl carbamates (subject to hydrolysis) is 1. The van der Waals surface area contributed by atoms with E-state index in [9.17, 15) is 19.2 Å². The van der Waals surface area contributed by atoms with E-state index in [1.807, 2.05) is 19.9 Å². The largest absolute Gasteiger partial charge is 0.468 e. The highest BCUT2D eigenvalue weighted by molar-refractivity contribution is 5.93. The Morgan fingerprint density at radius 1 is 0.974 bits per heavy atom. The lowest BCUT2D eigenvalue weighted by Gasteiger charge is -2.35. The van der Waals surface area contributed by atoms with Gasteiger partial charge in [0.1, 0.15) is 24.2 Å². The number of amides is 3. The maximum absolute atomic E-state index is 14.1. The number of rotatable bonds is 15. The maximum atomic E-state index is 14.1. The average Bonchev–Trinajstić information content (AvgIpc) is 2.84. The van der Waals surface area contributed by atoms with Crippen LogP contribution in [-0.4, -0.2) is 60.6 Å². The van der Waals surface area contributed by atoms with Crippen molar-refractivity contribution in [1.29, 1.82) is 0 Å². The number of hydrogen-bond acceptors (Lipinski definition) is 6. The number of carbonyl (C=O) groups excluding carboxylic acids is 4. The quantitative estimate of drug-likeness (QED) is 0.248. The third-order valence-corrected chi connectivity index (χ3v) is 5.79. The highest BCUT2D eigenvalue weighted by atomic mass is 16.6. The minimum absolute atomic E-state index is 0.0913. The number of carbonyl (C=O) groups is 4. The number of esters is 1. The lowest BCUT2D eigenvalue weighted by molar-refractivity contribution is -0.145. The van der Waals surface area contributed by atoms with E-state index in [0.717, 1.165) is 25.7 Å². The standard InChI is InChI=1S/C29H47N3O6/c1-8-9-10-11-15-18-32(27(35)23(19-21(2)3)31-28(36)38-29(4,5)6)25(22-16-13-12-14-17-22)26(34)30-20-24(33)37-7/h12-14,16-17,21,23,25H,8-11,15,18-20H2,1-7H3,(H,30,34)(H,31,36). The maximum Gasteiger partial charge on any atom is 0.408 e. The van der Waals surface area contributed by atoms with E-state index in [0.29, 0.717) is 24.9 Å². The molecule has 0 fully saturated rings. The molecular formula is C29H47N3O6. The van der Waals surface area contributed by atoms with Crippen LogP contribution in [0.25, 0.3) is 0 Å². The molecule has 1 rings (SSSR count). The van der Waals surface area contributed by atoms with Crippen LogP contribution in [0.3, 0.4) is 0 Å². The van der Waals surface area contributed by atoms with Gasteiger partial charge in [-0.15, -0.1) is 0 Å². The van der Waals surface area contributed by atoms with Crippen molar-refractivity contribution in [2.45, 2.75) is 97.8 Å². The van der Waals surface area contributed by atoms with Gasteiger partial charge in [0, 0.05) is 6.54 Å². The molecule has 0 aliphatic heterocycles. The highest BCUT2D eigenvalue weighted by Crippen LogP contribution is 2.25. The van der Waals surface area contributed by atoms with E-state index in [4.69, 9.17) is 4.74 Å². The summed E-state index contributed by atoms with van der Waals surface area (Å²) in [4.78, 5) is 53.5. The number of unbranched alkanes of at least 4 members (excludes halogenated alkanes) is 4. The van der Waals surface area contributed by atoms with Gasteiger partial charge in [0.05, 0.1) is 7.11 Å². The lowest BCUT2D eigenvalue weighted by Crippen LogP contribution is -2.54. The molecular weight excluding hydrogens is 486 g/mol. The molecule has 9 heteroatoms. The van der Waals surface area contributed by atoms with Crippen LogP contribution < -0.4 is 10.6 Å². The molecule has 0 heterocycles. The fourth-order valence-electron chi connectivity index (χ4n) is 4.03. The zero-order chi connectivity index (χ0) is 28.7. The van der Waals surface area contributed by atoms with Crippen LogP contribution >= 0.6 is 0 Å². The van der Waals surface area contributed by atoms with Gasteiger partial charge in [-0.1, -0.05) is 76.8 Å². The Labute approximate surface area is 228 Å². The fraction of sp³-hybridized carbons (Fsp3) is 0.655. The molecule has 9 nitrogen and oxygen atoms in total. The molecule has 0 saturated carbocycles. The molecule has 0 aromatic heterocycles. The summed E-state index contributed by atoms with van der Waals surface area (Å²) in [6, 6.07) is 7.09. The Morgan fingerprint density at radius 3 is 2.16 bits per heavy atom. The fourth-order valence-corrected chi connectivity index (χ4v) is 4.03. The monoisotopic (exact) mass is 533 g/mol. The van der Waals surface area contributed by atoms with E-state index in [2.05, 4.69) is 22.3 Å². The Morgan fingerprint density at radius 2 is 1.61 bits per heavy atom. The smallest absolute Gasteiger partial charge is 0.408 e. The van der Waals surface area contributed by atoms with Crippen LogP contribution in [0.1, 0.15) is 91.7 Å².